The zero-order chi connectivity index (χ0) is 11.8. The van der Waals surface area contributed by atoms with Gasteiger partial charge in [-0.1, -0.05) is 52.0 Å². The maximum absolute atomic E-state index is 7.15. The molecule has 1 aromatic carbocycles. The van der Waals surface area contributed by atoms with Crippen LogP contribution in [0.3, 0.4) is 0 Å². The summed E-state index contributed by atoms with van der Waals surface area (Å²) < 4.78 is 0. The molecule has 0 atom stereocenters. The van der Waals surface area contributed by atoms with Gasteiger partial charge in [-0.25, -0.2) is 0 Å². The van der Waals surface area contributed by atoms with E-state index in [2.05, 4.69) is 52.0 Å². The Morgan fingerprint density at radius 2 is 1.13 bits per heavy atom. The molecule has 1 rings (SSSR count). The Hall–Kier alpha value is -0.430. The summed E-state index contributed by atoms with van der Waals surface area (Å²) in [4.78, 5) is 14.3. The molecule has 3 heteroatoms. The van der Waals surface area contributed by atoms with Crippen molar-refractivity contribution in [2.45, 2.75) is 39.5 Å². The van der Waals surface area contributed by atoms with Crippen molar-refractivity contribution in [3.05, 3.63) is 35.4 Å². The fourth-order valence-corrected chi connectivity index (χ4v) is 1.56. The van der Waals surface area contributed by atoms with Crippen molar-refractivity contribution in [2.75, 3.05) is 0 Å². The Labute approximate surface area is 94.3 Å². The third kappa shape index (κ3) is 5.27. The van der Waals surface area contributed by atoms with Crippen LogP contribution in [0.2, 0.25) is 0 Å². The number of rotatable bonds is 2. The summed E-state index contributed by atoms with van der Waals surface area (Å²) in [6, 6.07) is 8.72. The van der Waals surface area contributed by atoms with E-state index < -0.39 is 9.03 Å². The van der Waals surface area contributed by atoms with Crippen LogP contribution in [-0.4, -0.2) is 9.79 Å². The SMILES string of the molecule is CC(C)c1ccccc1C(C)C.OPO. The predicted octanol–water partition coefficient (Wildman–Crippen LogP) is 3.41. The van der Waals surface area contributed by atoms with Crippen LogP contribution >= 0.6 is 9.03 Å². The molecule has 0 bridgehead atoms. The molecule has 0 unspecified atom stereocenters. The summed E-state index contributed by atoms with van der Waals surface area (Å²) in [7, 11) is -0.917. The number of benzene rings is 1. The molecular weight excluding hydrogens is 207 g/mol. The molecule has 0 aliphatic rings. The number of hydrogen-bond acceptors (Lipinski definition) is 2. The highest BCUT2D eigenvalue weighted by Gasteiger charge is 2.07. The van der Waals surface area contributed by atoms with E-state index in [0.29, 0.717) is 11.8 Å². The lowest BCUT2D eigenvalue weighted by Crippen LogP contribution is -1.97. The van der Waals surface area contributed by atoms with E-state index in [1.54, 1.807) is 0 Å². The van der Waals surface area contributed by atoms with Gasteiger partial charge in [0.15, 0.2) is 0 Å². The van der Waals surface area contributed by atoms with Crippen LogP contribution in [0.25, 0.3) is 0 Å². The van der Waals surface area contributed by atoms with E-state index in [9.17, 15) is 0 Å². The summed E-state index contributed by atoms with van der Waals surface area (Å²) in [5, 5.41) is 0. The molecule has 0 aliphatic carbocycles. The van der Waals surface area contributed by atoms with E-state index in [1.807, 2.05) is 0 Å². The van der Waals surface area contributed by atoms with Gasteiger partial charge in [-0.15, -0.1) is 0 Å². The van der Waals surface area contributed by atoms with Gasteiger partial charge in [0.25, 0.3) is 0 Å². The van der Waals surface area contributed by atoms with Gasteiger partial charge in [0.05, 0.1) is 0 Å². The van der Waals surface area contributed by atoms with Crippen molar-refractivity contribution in [3.8, 4) is 0 Å². The van der Waals surface area contributed by atoms with Crippen LogP contribution in [0.1, 0.15) is 50.7 Å². The van der Waals surface area contributed by atoms with Crippen LogP contribution in [0.15, 0.2) is 24.3 Å². The molecule has 0 spiro atoms. The van der Waals surface area contributed by atoms with Crippen LogP contribution in [-0.2, 0) is 0 Å². The standard InChI is InChI=1S/C12H18.H3O2P/c1-9(2)11-7-5-6-8-12(11)10(3)4;1-3-2/h5-10H,1-4H3;1-3H. The Bertz CT molecular complexity index is 245. The first-order valence-corrected chi connectivity index (χ1v) is 6.06. The summed E-state index contributed by atoms with van der Waals surface area (Å²) >= 11 is 0. The Morgan fingerprint density at radius 1 is 0.867 bits per heavy atom. The topological polar surface area (TPSA) is 40.5 Å². The minimum absolute atomic E-state index is 0.642. The van der Waals surface area contributed by atoms with E-state index in [-0.39, 0.29) is 0 Å². The minimum atomic E-state index is -0.917. The second-order valence-corrected chi connectivity index (χ2v) is 4.24. The van der Waals surface area contributed by atoms with Crippen molar-refractivity contribution < 1.29 is 9.79 Å². The van der Waals surface area contributed by atoms with Crippen molar-refractivity contribution in [3.63, 3.8) is 0 Å². The lowest BCUT2D eigenvalue weighted by atomic mass is 9.91. The molecule has 2 nitrogen and oxygen atoms in total. The van der Waals surface area contributed by atoms with Gasteiger partial charge < -0.3 is 9.79 Å². The average Bonchev–Trinajstić information content (AvgIpc) is 2.19. The predicted molar refractivity (Wildman–Crippen MR) is 67.4 cm³/mol. The molecule has 0 radical (unpaired) electrons. The highest BCUT2D eigenvalue weighted by molar-refractivity contribution is 7.23. The van der Waals surface area contributed by atoms with Gasteiger partial charge in [-0.05, 0) is 23.0 Å². The third-order valence-corrected chi connectivity index (χ3v) is 2.24. The molecule has 1 aromatic rings. The van der Waals surface area contributed by atoms with E-state index in [0.717, 1.165) is 0 Å². The summed E-state index contributed by atoms with van der Waals surface area (Å²) in [5.74, 6) is 1.28. The zero-order valence-corrected chi connectivity index (χ0v) is 10.9. The second kappa shape index (κ2) is 7.81. The van der Waals surface area contributed by atoms with Crippen molar-refractivity contribution >= 4 is 9.03 Å². The fourth-order valence-electron chi connectivity index (χ4n) is 1.56. The molecule has 0 aromatic heterocycles. The molecule has 0 amide bonds. The van der Waals surface area contributed by atoms with E-state index in [1.165, 1.54) is 11.1 Å². The molecule has 0 aliphatic heterocycles. The third-order valence-electron chi connectivity index (χ3n) is 2.24. The van der Waals surface area contributed by atoms with Gasteiger partial charge in [0.2, 0.25) is 0 Å². The Balaban J connectivity index is 0.000000583. The average molecular weight is 228 g/mol. The van der Waals surface area contributed by atoms with Gasteiger partial charge in [-0.3, -0.25) is 0 Å². The van der Waals surface area contributed by atoms with Gasteiger partial charge in [-0.2, -0.15) is 0 Å². The van der Waals surface area contributed by atoms with Crippen LogP contribution in [0.5, 0.6) is 0 Å². The maximum Gasteiger partial charge on any atom is 0.149 e. The molecule has 15 heavy (non-hydrogen) atoms. The highest BCUT2D eigenvalue weighted by Crippen LogP contribution is 2.25. The largest absolute Gasteiger partial charge is 0.352 e. The maximum atomic E-state index is 7.15. The van der Waals surface area contributed by atoms with Crippen LogP contribution < -0.4 is 0 Å². The summed E-state index contributed by atoms with van der Waals surface area (Å²) in [6.07, 6.45) is 0. The smallest absolute Gasteiger partial charge is 0.149 e. The van der Waals surface area contributed by atoms with Gasteiger partial charge >= 0.3 is 0 Å². The lowest BCUT2D eigenvalue weighted by molar-refractivity contribution is 0.513. The van der Waals surface area contributed by atoms with Gasteiger partial charge in [0, 0.05) is 0 Å². The molecule has 0 saturated heterocycles. The monoisotopic (exact) mass is 228 g/mol. The van der Waals surface area contributed by atoms with Crippen molar-refractivity contribution in [1.82, 2.24) is 0 Å². The lowest BCUT2D eigenvalue weighted by Gasteiger charge is -2.14. The Kier molecular flexibility index (Phi) is 7.59. The minimum Gasteiger partial charge on any atom is -0.352 e. The van der Waals surface area contributed by atoms with E-state index >= 15 is 0 Å². The molecule has 0 heterocycles. The molecule has 2 N–H and O–H groups in total. The first-order chi connectivity index (χ1) is 7.04. The van der Waals surface area contributed by atoms with E-state index in [4.69, 9.17) is 9.79 Å². The zero-order valence-electron chi connectivity index (χ0n) is 9.86. The first kappa shape index (κ1) is 14.6. The summed E-state index contributed by atoms with van der Waals surface area (Å²) in [5.41, 5.74) is 2.99. The van der Waals surface area contributed by atoms with Crippen LogP contribution in [0, 0.1) is 0 Å². The van der Waals surface area contributed by atoms with Crippen molar-refractivity contribution in [2.24, 2.45) is 0 Å². The molecule has 0 fully saturated rings. The first-order valence-electron chi connectivity index (χ1n) is 5.16. The fraction of sp³-hybridized carbons (Fsp3) is 0.500. The van der Waals surface area contributed by atoms with Crippen molar-refractivity contribution in [1.29, 1.82) is 0 Å². The second-order valence-electron chi connectivity index (χ2n) is 4.04. The molecule has 0 saturated carbocycles. The highest BCUT2D eigenvalue weighted by atomic mass is 31.1. The number of hydrogen-bond donors (Lipinski definition) is 2. The quantitative estimate of drug-likeness (QED) is 0.761. The Morgan fingerprint density at radius 3 is 1.33 bits per heavy atom. The van der Waals surface area contributed by atoms with Crippen LogP contribution in [0.4, 0.5) is 0 Å². The molecule has 86 valence electrons. The molecular formula is C12H21O2P. The summed E-state index contributed by atoms with van der Waals surface area (Å²) in [6.45, 7) is 9.00. The van der Waals surface area contributed by atoms with Gasteiger partial charge in [0.1, 0.15) is 9.03 Å². The normalized spacial score (nSPS) is 10.1.